The number of aromatic amines is 1. The molecular weight excluding hydrogens is 386 g/mol. The molecule has 0 radical (unpaired) electrons. The van der Waals surface area contributed by atoms with E-state index in [0.717, 1.165) is 36.4 Å². The molecule has 0 amide bonds. The maximum Gasteiger partial charge on any atom is 0.328 e. The summed E-state index contributed by atoms with van der Waals surface area (Å²) in [7, 11) is 1.73. The summed E-state index contributed by atoms with van der Waals surface area (Å²) < 4.78 is 7.59. The van der Waals surface area contributed by atoms with E-state index < -0.39 is 0 Å². The van der Waals surface area contributed by atoms with Gasteiger partial charge >= 0.3 is 5.69 Å². The first kappa shape index (κ1) is 18.6. The molecule has 0 spiro atoms. The number of hydrogen-bond donors (Lipinski definition) is 2. The highest BCUT2D eigenvalue weighted by atomic mass is 32.1. The van der Waals surface area contributed by atoms with E-state index in [0.29, 0.717) is 28.6 Å². The Morgan fingerprint density at radius 3 is 3.00 bits per heavy atom. The predicted molar refractivity (Wildman–Crippen MR) is 115 cm³/mol. The van der Waals surface area contributed by atoms with Gasteiger partial charge in [-0.2, -0.15) is 0 Å². The van der Waals surface area contributed by atoms with Gasteiger partial charge in [-0.25, -0.2) is 4.79 Å². The first-order valence-electron chi connectivity index (χ1n) is 10.2. The highest BCUT2D eigenvalue weighted by Crippen LogP contribution is 2.45. The molecule has 3 aromatic rings. The summed E-state index contributed by atoms with van der Waals surface area (Å²) in [5.74, 6) is 1.96. The lowest BCUT2D eigenvalue weighted by Crippen LogP contribution is -2.37. The number of aromatic nitrogens is 2. The lowest BCUT2D eigenvalue weighted by molar-refractivity contribution is 0.371. The predicted octanol–water partition coefficient (Wildman–Crippen LogP) is 2.78. The maximum atomic E-state index is 12.8. The van der Waals surface area contributed by atoms with Crippen molar-refractivity contribution >= 4 is 21.6 Å². The number of ether oxygens (including phenoxy) is 1. The summed E-state index contributed by atoms with van der Waals surface area (Å²) in [6.07, 6.45) is 2.93. The Morgan fingerprint density at radius 2 is 2.17 bits per heavy atom. The van der Waals surface area contributed by atoms with Crippen LogP contribution >= 0.6 is 11.3 Å². The van der Waals surface area contributed by atoms with Crippen molar-refractivity contribution in [1.82, 2.24) is 14.9 Å². The summed E-state index contributed by atoms with van der Waals surface area (Å²) in [5, 5.41) is 3.66. The van der Waals surface area contributed by atoms with Crippen molar-refractivity contribution in [2.24, 2.45) is 5.92 Å². The number of rotatable bonds is 4. The lowest BCUT2D eigenvalue weighted by atomic mass is 9.73. The summed E-state index contributed by atoms with van der Waals surface area (Å²) in [6, 6.07) is 8.43. The molecule has 29 heavy (non-hydrogen) atoms. The van der Waals surface area contributed by atoms with Gasteiger partial charge in [0, 0.05) is 23.4 Å². The Labute approximate surface area is 172 Å². The van der Waals surface area contributed by atoms with Gasteiger partial charge in [-0.3, -0.25) is 9.36 Å². The van der Waals surface area contributed by atoms with Crippen LogP contribution in [-0.4, -0.2) is 29.2 Å². The second-order valence-corrected chi connectivity index (χ2v) is 9.40. The third-order valence-corrected chi connectivity index (χ3v) is 7.58. The van der Waals surface area contributed by atoms with E-state index in [9.17, 15) is 9.59 Å². The molecular formula is C22H25N3O3S. The molecule has 0 saturated carbocycles. The van der Waals surface area contributed by atoms with E-state index in [-0.39, 0.29) is 17.3 Å². The van der Waals surface area contributed by atoms with E-state index in [1.54, 1.807) is 7.11 Å². The zero-order valence-electron chi connectivity index (χ0n) is 16.7. The Hall–Kier alpha value is -2.38. The fourth-order valence-corrected chi connectivity index (χ4v) is 6.15. The van der Waals surface area contributed by atoms with Crippen LogP contribution in [0, 0.1) is 12.8 Å². The number of nitrogens with one attached hydrogen (secondary N) is 2. The Balaban J connectivity index is 1.44. The van der Waals surface area contributed by atoms with Gasteiger partial charge in [-0.15, -0.1) is 11.3 Å². The Kier molecular flexibility index (Phi) is 4.59. The molecule has 5 rings (SSSR count). The Bertz CT molecular complexity index is 1190. The minimum atomic E-state index is -0.319. The third kappa shape index (κ3) is 3.04. The van der Waals surface area contributed by atoms with Crippen molar-refractivity contribution in [2.75, 3.05) is 13.7 Å². The fourth-order valence-electron chi connectivity index (χ4n) is 5.24. The molecule has 1 unspecified atom stereocenters. The number of thiophene rings is 1. The molecule has 1 aromatic carbocycles. The molecule has 2 N–H and O–H groups in total. The van der Waals surface area contributed by atoms with Gasteiger partial charge in [-0.05, 0) is 61.9 Å². The zero-order valence-corrected chi connectivity index (χ0v) is 17.5. The van der Waals surface area contributed by atoms with Gasteiger partial charge in [-0.1, -0.05) is 12.1 Å². The number of benzene rings is 1. The monoisotopic (exact) mass is 411 g/mol. The summed E-state index contributed by atoms with van der Waals surface area (Å²) in [5.41, 5.74) is 2.82. The molecule has 2 aliphatic rings. The van der Waals surface area contributed by atoms with Crippen LogP contribution < -0.4 is 21.3 Å². The second kappa shape index (κ2) is 7.15. The first-order valence-corrected chi connectivity index (χ1v) is 11.0. The van der Waals surface area contributed by atoms with Crippen LogP contribution in [0.5, 0.6) is 5.75 Å². The SMILES string of the molecule is COc1cccc2c1CC[C@H]1CNC(CCn3c(=O)[nH]c4cc(C)sc4c3=O)[C@@H]21. The van der Waals surface area contributed by atoms with Crippen molar-refractivity contribution in [3.63, 3.8) is 0 Å². The molecule has 2 aromatic heterocycles. The van der Waals surface area contributed by atoms with Gasteiger partial charge in [0.25, 0.3) is 5.56 Å². The number of hydrogen-bond acceptors (Lipinski definition) is 5. The smallest absolute Gasteiger partial charge is 0.328 e. The molecule has 1 fully saturated rings. The number of fused-ring (bicyclic) bond motifs is 4. The van der Waals surface area contributed by atoms with E-state index in [4.69, 9.17) is 4.74 Å². The number of methoxy groups -OCH3 is 1. The maximum absolute atomic E-state index is 12.8. The molecule has 6 nitrogen and oxygen atoms in total. The third-order valence-electron chi connectivity index (χ3n) is 6.54. The number of H-pyrrole nitrogens is 1. The van der Waals surface area contributed by atoms with E-state index in [1.807, 2.05) is 19.1 Å². The second-order valence-electron chi connectivity index (χ2n) is 8.14. The summed E-state index contributed by atoms with van der Waals surface area (Å²) in [6.45, 7) is 3.35. The average molecular weight is 412 g/mol. The van der Waals surface area contributed by atoms with Crippen molar-refractivity contribution in [1.29, 1.82) is 0 Å². The van der Waals surface area contributed by atoms with Crippen molar-refractivity contribution in [3.8, 4) is 5.75 Å². The van der Waals surface area contributed by atoms with Crippen LogP contribution in [0.4, 0.5) is 0 Å². The molecule has 152 valence electrons. The Morgan fingerprint density at radius 1 is 1.31 bits per heavy atom. The molecule has 3 atom stereocenters. The summed E-state index contributed by atoms with van der Waals surface area (Å²) in [4.78, 5) is 29.2. The summed E-state index contributed by atoms with van der Waals surface area (Å²) >= 11 is 1.44. The van der Waals surface area contributed by atoms with E-state index >= 15 is 0 Å². The topological polar surface area (TPSA) is 76.1 Å². The molecule has 1 saturated heterocycles. The zero-order chi connectivity index (χ0) is 20.1. The quantitative estimate of drug-likeness (QED) is 0.692. The van der Waals surface area contributed by atoms with E-state index in [1.165, 1.54) is 27.0 Å². The van der Waals surface area contributed by atoms with Crippen LogP contribution in [0.25, 0.3) is 10.2 Å². The molecule has 0 bridgehead atoms. The van der Waals surface area contributed by atoms with Crippen molar-refractivity contribution in [2.45, 2.75) is 44.7 Å². The van der Waals surface area contributed by atoms with Gasteiger partial charge in [0.2, 0.25) is 0 Å². The standard InChI is InChI=1S/C22H25N3O3S/c1-12-10-17-20(29-12)21(26)25(22(27)24-17)9-8-16-19-13(11-23-16)6-7-14-15(19)4-3-5-18(14)28-2/h3-5,10,13,16,19,23H,6-9,11H2,1-2H3,(H,24,27)/t13-,16?,19+/m0/s1. The van der Waals surface area contributed by atoms with Gasteiger partial charge < -0.3 is 15.0 Å². The highest BCUT2D eigenvalue weighted by Gasteiger charge is 2.40. The minimum absolute atomic E-state index is 0.179. The molecule has 1 aliphatic heterocycles. The van der Waals surface area contributed by atoms with Crippen LogP contribution in [0.1, 0.15) is 34.8 Å². The van der Waals surface area contributed by atoms with Gasteiger partial charge in [0.15, 0.2) is 0 Å². The molecule has 1 aliphatic carbocycles. The number of aryl methyl sites for hydroxylation is 1. The van der Waals surface area contributed by atoms with Crippen molar-refractivity contribution in [3.05, 3.63) is 61.1 Å². The van der Waals surface area contributed by atoms with Gasteiger partial charge in [0.05, 0.1) is 12.6 Å². The first-order chi connectivity index (χ1) is 14.1. The largest absolute Gasteiger partial charge is 0.496 e. The normalized spacial score (nSPS) is 23.2. The molecule has 7 heteroatoms. The highest BCUT2D eigenvalue weighted by molar-refractivity contribution is 7.18. The van der Waals surface area contributed by atoms with Crippen LogP contribution in [-0.2, 0) is 13.0 Å². The van der Waals surface area contributed by atoms with Crippen LogP contribution in [0.2, 0.25) is 0 Å². The lowest BCUT2D eigenvalue weighted by Gasteiger charge is -2.32. The number of nitrogens with zero attached hydrogens (tertiary/aromatic N) is 1. The van der Waals surface area contributed by atoms with E-state index in [2.05, 4.69) is 22.4 Å². The average Bonchev–Trinajstić information content (AvgIpc) is 3.30. The minimum Gasteiger partial charge on any atom is -0.496 e. The fraction of sp³-hybridized carbons (Fsp3) is 0.455. The van der Waals surface area contributed by atoms with Crippen molar-refractivity contribution < 1.29 is 4.74 Å². The van der Waals surface area contributed by atoms with Crippen LogP contribution in [0.3, 0.4) is 0 Å². The van der Waals surface area contributed by atoms with Gasteiger partial charge in [0.1, 0.15) is 10.4 Å². The molecule has 3 heterocycles. The van der Waals surface area contributed by atoms with Crippen LogP contribution in [0.15, 0.2) is 33.9 Å².